The van der Waals surface area contributed by atoms with E-state index < -0.39 is 10.0 Å². The number of aryl methyl sites for hydroxylation is 3. The second kappa shape index (κ2) is 10.7. The molecule has 0 aliphatic carbocycles. The van der Waals surface area contributed by atoms with Crippen molar-refractivity contribution in [1.82, 2.24) is 9.29 Å². The summed E-state index contributed by atoms with van der Waals surface area (Å²) in [4.78, 5) is 17.4. The molecule has 2 aromatic carbocycles. The lowest BCUT2D eigenvalue weighted by atomic mass is 10.0. The standard InChI is InChI=1S/C25H31N3O3S2/c1-6-28(7-2)33(30,31)21-10-8-20(9-11-21)26-23(29)12-13-32-24-16-18(4)22-15-17(3)14-19(5)25(22)27-24/h8-11,14-16H,6-7,12-13H2,1-5H3,(H,26,29). The minimum Gasteiger partial charge on any atom is -0.326 e. The highest BCUT2D eigenvalue weighted by molar-refractivity contribution is 7.99. The number of anilines is 1. The lowest BCUT2D eigenvalue weighted by molar-refractivity contribution is -0.115. The molecule has 0 atom stereocenters. The molecule has 0 bridgehead atoms. The summed E-state index contributed by atoms with van der Waals surface area (Å²) in [5.74, 6) is 0.481. The van der Waals surface area contributed by atoms with Gasteiger partial charge in [0.05, 0.1) is 15.4 Å². The Balaban J connectivity index is 1.59. The van der Waals surface area contributed by atoms with Gasteiger partial charge in [0, 0.05) is 36.3 Å². The summed E-state index contributed by atoms with van der Waals surface area (Å²) >= 11 is 1.56. The predicted molar refractivity (Wildman–Crippen MR) is 136 cm³/mol. The Bertz CT molecular complexity index is 1250. The Kier molecular flexibility index (Phi) is 8.15. The van der Waals surface area contributed by atoms with E-state index in [1.54, 1.807) is 23.9 Å². The van der Waals surface area contributed by atoms with Gasteiger partial charge in [-0.3, -0.25) is 4.79 Å². The molecule has 0 saturated heterocycles. The van der Waals surface area contributed by atoms with E-state index >= 15 is 0 Å². The molecule has 8 heteroatoms. The number of fused-ring (bicyclic) bond motifs is 1. The molecule has 33 heavy (non-hydrogen) atoms. The molecule has 1 amide bonds. The quantitative estimate of drug-likeness (QED) is 0.416. The maximum Gasteiger partial charge on any atom is 0.243 e. The molecule has 0 radical (unpaired) electrons. The first-order valence-electron chi connectivity index (χ1n) is 11.1. The number of aromatic nitrogens is 1. The Morgan fingerprint density at radius 1 is 1.00 bits per heavy atom. The van der Waals surface area contributed by atoms with Crippen LogP contribution in [0, 0.1) is 20.8 Å². The van der Waals surface area contributed by atoms with Crippen molar-refractivity contribution in [3.05, 3.63) is 59.2 Å². The number of nitrogens with one attached hydrogen (secondary N) is 1. The van der Waals surface area contributed by atoms with Crippen molar-refractivity contribution in [2.24, 2.45) is 0 Å². The maximum atomic E-state index is 12.6. The molecule has 0 fully saturated rings. The molecule has 176 valence electrons. The van der Waals surface area contributed by atoms with Crippen LogP contribution in [0.25, 0.3) is 10.9 Å². The summed E-state index contributed by atoms with van der Waals surface area (Å²) in [6.07, 6.45) is 0.329. The highest BCUT2D eigenvalue weighted by Gasteiger charge is 2.21. The molecule has 0 saturated carbocycles. The van der Waals surface area contributed by atoms with Crippen LogP contribution in [0.5, 0.6) is 0 Å². The summed E-state index contributed by atoms with van der Waals surface area (Å²) in [6.45, 7) is 10.7. The molecule has 1 N–H and O–H groups in total. The van der Waals surface area contributed by atoms with E-state index in [4.69, 9.17) is 4.98 Å². The zero-order chi connectivity index (χ0) is 24.2. The topological polar surface area (TPSA) is 79.4 Å². The molecule has 1 aromatic heterocycles. The fraction of sp³-hybridized carbons (Fsp3) is 0.360. The number of pyridine rings is 1. The molecular weight excluding hydrogens is 454 g/mol. The molecule has 3 aromatic rings. The van der Waals surface area contributed by atoms with Gasteiger partial charge in [0.1, 0.15) is 0 Å². The fourth-order valence-electron chi connectivity index (χ4n) is 3.78. The number of thioether (sulfide) groups is 1. The summed E-state index contributed by atoms with van der Waals surface area (Å²) in [5, 5.41) is 4.92. The van der Waals surface area contributed by atoms with Crippen LogP contribution in [-0.2, 0) is 14.8 Å². The molecular formula is C25H31N3O3S2. The Morgan fingerprint density at radius 3 is 2.30 bits per heavy atom. The van der Waals surface area contributed by atoms with Crippen LogP contribution in [0.4, 0.5) is 5.69 Å². The molecule has 3 rings (SSSR count). The van der Waals surface area contributed by atoms with E-state index in [9.17, 15) is 13.2 Å². The lowest BCUT2D eigenvalue weighted by Gasteiger charge is -2.18. The molecule has 0 aliphatic heterocycles. The van der Waals surface area contributed by atoms with Crippen LogP contribution in [0.3, 0.4) is 0 Å². The van der Waals surface area contributed by atoms with Crippen molar-refractivity contribution in [1.29, 1.82) is 0 Å². The molecule has 0 spiro atoms. The molecule has 6 nitrogen and oxygen atoms in total. The third-order valence-electron chi connectivity index (χ3n) is 5.49. The van der Waals surface area contributed by atoms with Crippen LogP contribution in [0.1, 0.15) is 37.0 Å². The molecule has 0 aliphatic rings. The monoisotopic (exact) mass is 485 g/mol. The highest BCUT2D eigenvalue weighted by atomic mass is 32.2. The number of nitrogens with zero attached hydrogens (tertiary/aromatic N) is 2. The number of rotatable bonds is 9. The third-order valence-corrected chi connectivity index (χ3v) is 8.47. The summed E-state index contributed by atoms with van der Waals surface area (Å²) in [6, 6.07) is 12.7. The summed E-state index contributed by atoms with van der Waals surface area (Å²) < 4.78 is 26.6. The first-order valence-corrected chi connectivity index (χ1v) is 13.5. The van der Waals surface area contributed by atoms with Crippen LogP contribution in [0.15, 0.2) is 52.4 Å². The van der Waals surface area contributed by atoms with E-state index in [1.165, 1.54) is 33.0 Å². The second-order valence-electron chi connectivity index (χ2n) is 8.02. The van der Waals surface area contributed by atoms with Crippen molar-refractivity contribution in [2.45, 2.75) is 51.0 Å². The highest BCUT2D eigenvalue weighted by Crippen LogP contribution is 2.27. The first-order chi connectivity index (χ1) is 15.6. The van der Waals surface area contributed by atoms with Gasteiger partial charge in [-0.25, -0.2) is 13.4 Å². The average Bonchev–Trinajstić information content (AvgIpc) is 2.75. The van der Waals surface area contributed by atoms with Gasteiger partial charge >= 0.3 is 0 Å². The normalized spacial score (nSPS) is 11.8. The number of carbonyl (C=O) groups excluding carboxylic acids is 1. The van der Waals surface area contributed by atoms with Gasteiger partial charge in [-0.15, -0.1) is 11.8 Å². The molecule has 0 unspecified atom stereocenters. The number of sulfonamides is 1. The third kappa shape index (κ3) is 5.93. The van der Waals surface area contributed by atoms with E-state index in [0.717, 1.165) is 16.1 Å². The Morgan fingerprint density at radius 2 is 1.67 bits per heavy atom. The number of hydrogen-bond acceptors (Lipinski definition) is 5. The van der Waals surface area contributed by atoms with Crippen molar-refractivity contribution < 1.29 is 13.2 Å². The predicted octanol–water partition coefficient (Wildman–Crippen LogP) is 5.31. The van der Waals surface area contributed by atoms with E-state index in [1.807, 2.05) is 13.8 Å². The van der Waals surface area contributed by atoms with Gasteiger partial charge in [-0.05, 0) is 68.3 Å². The van der Waals surface area contributed by atoms with E-state index in [-0.39, 0.29) is 10.8 Å². The van der Waals surface area contributed by atoms with Crippen molar-refractivity contribution in [3.63, 3.8) is 0 Å². The Labute approximate surface area is 200 Å². The zero-order valence-electron chi connectivity index (χ0n) is 19.8. The van der Waals surface area contributed by atoms with Gasteiger partial charge in [-0.2, -0.15) is 4.31 Å². The van der Waals surface area contributed by atoms with Crippen molar-refractivity contribution in [2.75, 3.05) is 24.2 Å². The van der Waals surface area contributed by atoms with Crippen molar-refractivity contribution >= 4 is 44.3 Å². The minimum atomic E-state index is -3.51. The number of carbonyl (C=O) groups is 1. The number of benzene rings is 2. The summed E-state index contributed by atoms with van der Waals surface area (Å²) in [7, 11) is -3.51. The maximum absolute atomic E-state index is 12.6. The van der Waals surface area contributed by atoms with E-state index in [0.29, 0.717) is 31.0 Å². The minimum absolute atomic E-state index is 0.119. The van der Waals surface area contributed by atoms with Crippen LogP contribution in [0.2, 0.25) is 0 Å². The van der Waals surface area contributed by atoms with Gasteiger partial charge in [0.2, 0.25) is 15.9 Å². The summed E-state index contributed by atoms with van der Waals surface area (Å²) in [5.41, 5.74) is 5.14. The van der Waals surface area contributed by atoms with E-state index in [2.05, 4.69) is 44.3 Å². The second-order valence-corrected chi connectivity index (χ2v) is 11.1. The van der Waals surface area contributed by atoms with Crippen molar-refractivity contribution in [3.8, 4) is 0 Å². The average molecular weight is 486 g/mol. The van der Waals surface area contributed by atoms with Gasteiger partial charge in [-0.1, -0.05) is 25.5 Å². The Hall–Kier alpha value is -2.42. The SMILES string of the molecule is CCN(CC)S(=O)(=O)c1ccc(NC(=O)CCSc2cc(C)c3cc(C)cc(C)c3n2)cc1. The van der Waals surface area contributed by atoms with Gasteiger partial charge < -0.3 is 5.32 Å². The van der Waals surface area contributed by atoms with Crippen LogP contribution >= 0.6 is 11.8 Å². The lowest BCUT2D eigenvalue weighted by Crippen LogP contribution is -2.30. The van der Waals surface area contributed by atoms with Crippen LogP contribution < -0.4 is 5.32 Å². The number of amides is 1. The van der Waals surface area contributed by atoms with Gasteiger partial charge in [0.25, 0.3) is 0 Å². The first kappa shape index (κ1) is 25.2. The zero-order valence-corrected chi connectivity index (χ0v) is 21.4. The van der Waals surface area contributed by atoms with Gasteiger partial charge in [0.15, 0.2) is 0 Å². The number of hydrogen-bond donors (Lipinski definition) is 1. The smallest absolute Gasteiger partial charge is 0.243 e. The fourth-order valence-corrected chi connectivity index (χ4v) is 6.15. The van der Waals surface area contributed by atoms with Crippen LogP contribution in [-0.4, -0.2) is 42.5 Å². The molecule has 1 heterocycles. The largest absolute Gasteiger partial charge is 0.326 e.